The van der Waals surface area contributed by atoms with Crippen LogP contribution in [-0.2, 0) is 35.6 Å². The van der Waals surface area contributed by atoms with Gasteiger partial charge >= 0.3 is 0 Å². The third-order valence-corrected chi connectivity index (χ3v) is 6.78. The molecule has 0 spiro atoms. The van der Waals surface area contributed by atoms with E-state index in [0.717, 1.165) is 22.6 Å². The SMILES string of the molecule is O=C(Cc1ccc(NC(=O)CN(CCN(Cc2ccccn2)Cc2ccccn2)Cc2ccccn2)cc1)NC[C@@H](O)CO. The van der Waals surface area contributed by atoms with Crippen molar-refractivity contribution in [3.8, 4) is 0 Å². The molecule has 0 aliphatic heterocycles. The van der Waals surface area contributed by atoms with Crippen LogP contribution in [0.2, 0.25) is 0 Å². The Labute approximate surface area is 257 Å². The highest BCUT2D eigenvalue weighted by molar-refractivity contribution is 5.92. The first kappa shape index (κ1) is 32.4. The summed E-state index contributed by atoms with van der Waals surface area (Å²) in [4.78, 5) is 43.1. The van der Waals surface area contributed by atoms with E-state index in [0.29, 0.717) is 38.4 Å². The number of aromatic nitrogens is 3. The number of hydrogen-bond donors (Lipinski definition) is 4. The Morgan fingerprint density at radius 2 is 1.23 bits per heavy atom. The number of benzene rings is 1. The summed E-state index contributed by atoms with van der Waals surface area (Å²) in [6.07, 6.45) is 4.46. The van der Waals surface area contributed by atoms with Crippen molar-refractivity contribution >= 4 is 17.5 Å². The molecule has 11 heteroatoms. The number of carbonyl (C=O) groups excluding carboxylic acids is 2. The van der Waals surface area contributed by atoms with E-state index >= 15 is 0 Å². The summed E-state index contributed by atoms with van der Waals surface area (Å²) >= 11 is 0. The number of amides is 2. The predicted octanol–water partition coefficient (Wildman–Crippen LogP) is 2.03. The summed E-state index contributed by atoms with van der Waals surface area (Å²) in [6, 6.07) is 24.6. The Morgan fingerprint density at radius 3 is 1.73 bits per heavy atom. The van der Waals surface area contributed by atoms with Gasteiger partial charge in [0.15, 0.2) is 0 Å². The van der Waals surface area contributed by atoms with E-state index in [9.17, 15) is 14.7 Å². The van der Waals surface area contributed by atoms with Crippen LogP contribution in [0.25, 0.3) is 0 Å². The summed E-state index contributed by atoms with van der Waals surface area (Å²) < 4.78 is 0. The lowest BCUT2D eigenvalue weighted by molar-refractivity contribution is -0.121. The van der Waals surface area contributed by atoms with Crippen LogP contribution >= 0.6 is 0 Å². The van der Waals surface area contributed by atoms with Crippen LogP contribution in [0.15, 0.2) is 97.5 Å². The summed E-state index contributed by atoms with van der Waals surface area (Å²) in [5.41, 5.74) is 4.17. The van der Waals surface area contributed by atoms with Gasteiger partial charge in [-0.25, -0.2) is 0 Å². The first-order chi connectivity index (χ1) is 21.5. The van der Waals surface area contributed by atoms with Gasteiger partial charge in [-0.2, -0.15) is 0 Å². The van der Waals surface area contributed by atoms with Crippen molar-refractivity contribution in [2.24, 2.45) is 0 Å². The van der Waals surface area contributed by atoms with Crippen LogP contribution in [0.3, 0.4) is 0 Å². The van der Waals surface area contributed by atoms with Crippen LogP contribution < -0.4 is 10.6 Å². The molecule has 0 saturated heterocycles. The van der Waals surface area contributed by atoms with E-state index in [1.807, 2.05) is 54.6 Å². The largest absolute Gasteiger partial charge is 0.394 e. The number of nitrogens with one attached hydrogen (secondary N) is 2. The smallest absolute Gasteiger partial charge is 0.238 e. The Kier molecular flexibility index (Phi) is 12.9. The summed E-state index contributed by atoms with van der Waals surface area (Å²) in [5, 5.41) is 23.8. The molecule has 4 aromatic rings. The molecule has 0 radical (unpaired) electrons. The number of carbonyl (C=O) groups is 2. The highest BCUT2D eigenvalue weighted by Gasteiger charge is 2.16. The maximum atomic E-state index is 13.2. The Hall–Kier alpha value is -4.55. The van der Waals surface area contributed by atoms with Crippen LogP contribution in [0.1, 0.15) is 22.6 Å². The maximum absolute atomic E-state index is 13.2. The van der Waals surface area contributed by atoms with Crippen LogP contribution in [0.4, 0.5) is 5.69 Å². The second-order valence-corrected chi connectivity index (χ2v) is 10.4. The average molecular weight is 598 g/mol. The number of rotatable bonds is 17. The van der Waals surface area contributed by atoms with E-state index in [-0.39, 0.29) is 31.3 Å². The fraction of sp³-hybridized carbons (Fsp3) is 0.303. The number of nitrogens with zero attached hydrogens (tertiary/aromatic N) is 5. The topological polar surface area (TPSA) is 144 Å². The van der Waals surface area contributed by atoms with E-state index in [4.69, 9.17) is 5.11 Å². The lowest BCUT2D eigenvalue weighted by Gasteiger charge is -2.27. The molecule has 3 heterocycles. The van der Waals surface area contributed by atoms with Crippen molar-refractivity contribution in [2.45, 2.75) is 32.2 Å². The second kappa shape index (κ2) is 17.5. The quantitative estimate of drug-likeness (QED) is 0.144. The fourth-order valence-corrected chi connectivity index (χ4v) is 4.53. The van der Waals surface area contributed by atoms with Crippen molar-refractivity contribution in [3.63, 3.8) is 0 Å². The molecule has 0 aliphatic carbocycles. The van der Waals surface area contributed by atoms with Gasteiger partial charge in [0.1, 0.15) is 0 Å². The molecule has 0 aliphatic rings. The minimum Gasteiger partial charge on any atom is -0.394 e. The normalized spacial score (nSPS) is 11.8. The second-order valence-electron chi connectivity index (χ2n) is 10.4. The van der Waals surface area contributed by atoms with Crippen molar-refractivity contribution in [3.05, 3.63) is 120 Å². The lowest BCUT2D eigenvalue weighted by Crippen LogP contribution is -2.39. The Balaban J connectivity index is 1.37. The standard InChI is InChI=1S/C33H39N7O4/c41-25-31(42)20-37-32(43)19-26-10-12-27(13-11-26)38-33(44)24-40(23-30-9-3-6-16-36-30)18-17-39(21-28-7-1-4-14-34-28)22-29-8-2-5-15-35-29/h1-16,31,41-42H,17-25H2,(H,37,43)(H,38,44)/t31-/m1/s1. The van der Waals surface area contributed by atoms with Gasteiger partial charge < -0.3 is 20.8 Å². The molecule has 0 fully saturated rings. The van der Waals surface area contributed by atoms with Crippen LogP contribution in [0, 0.1) is 0 Å². The molecule has 0 unspecified atom stereocenters. The molecule has 11 nitrogen and oxygen atoms in total. The van der Waals surface area contributed by atoms with E-state index in [1.165, 1.54) is 0 Å². The summed E-state index contributed by atoms with van der Waals surface area (Å²) in [7, 11) is 0. The van der Waals surface area contributed by atoms with Gasteiger partial charge in [0.25, 0.3) is 0 Å². The highest BCUT2D eigenvalue weighted by atomic mass is 16.3. The van der Waals surface area contributed by atoms with Crippen molar-refractivity contribution < 1.29 is 19.8 Å². The Morgan fingerprint density at radius 1 is 0.705 bits per heavy atom. The molecule has 2 amide bonds. The number of hydrogen-bond acceptors (Lipinski definition) is 9. The number of aliphatic hydroxyl groups excluding tert-OH is 2. The first-order valence-electron chi connectivity index (χ1n) is 14.6. The van der Waals surface area contributed by atoms with Gasteiger partial charge in [-0.1, -0.05) is 30.3 Å². The van der Waals surface area contributed by atoms with Gasteiger partial charge in [0.2, 0.25) is 11.8 Å². The maximum Gasteiger partial charge on any atom is 0.238 e. The zero-order valence-corrected chi connectivity index (χ0v) is 24.6. The van der Waals surface area contributed by atoms with E-state index < -0.39 is 12.7 Å². The van der Waals surface area contributed by atoms with Gasteiger partial charge in [-0.3, -0.25) is 34.3 Å². The monoisotopic (exact) mass is 597 g/mol. The predicted molar refractivity (Wildman–Crippen MR) is 167 cm³/mol. The highest BCUT2D eigenvalue weighted by Crippen LogP contribution is 2.12. The molecule has 44 heavy (non-hydrogen) atoms. The van der Waals surface area contributed by atoms with Gasteiger partial charge in [0, 0.05) is 63.5 Å². The molecule has 230 valence electrons. The zero-order valence-electron chi connectivity index (χ0n) is 24.6. The molecule has 1 aromatic carbocycles. The van der Waals surface area contributed by atoms with Gasteiger partial charge in [-0.15, -0.1) is 0 Å². The Bertz CT molecular complexity index is 1370. The minimum atomic E-state index is -0.987. The van der Waals surface area contributed by atoms with E-state index in [1.54, 1.807) is 42.9 Å². The van der Waals surface area contributed by atoms with Crippen LogP contribution in [0.5, 0.6) is 0 Å². The molecule has 0 saturated carbocycles. The fourth-order valence-electron chi connectivity index (χ4n) is 4.53. The third kappa shape index (κ3) is 11.6. The molecule has 4 rings (SSSR count). The summed E-state index contributed by atoms with van der Waals surface area (Å²) in [5.74, 6) is -0.426. The lowest BCUT2D eigenvalue weighted by atomic mass is 10.1. The minimum absolute atomic E-state index is 0.0114. The van der Waals surface area contributed by atoms with Crippen LogP contribution in [-0.4, -0.2) is 85.7 Å². The van der Waals surface area contributed by atoms with Crippen molar-refractivity contribution in [1.29, 1.82) is 0 Å². The molecule has 4 N–H and O–H groups in total. The van der Waals surface area contributed by atoms with Crippen molar-refractivity contribution in [2.75, 3.05) is 38.1 Å². The zero-order chi connectivity index (χ0) is 31.0. The van der Waals surface area contributed by atoms with Gasteiger partial charge in [0.05, 0.1) is 42.8 Å². The first-order valence-corrected chi connectivity index (χ1v) is 14.6. The number of anilines is 1. The molecule has 1 atom stereocenters. The molecular formula is C33H39N7O4. The molecule has 3 aromatic heterocycles. The third-order valence-electron chi connectivity index (χ3n) is 6.78. The summed E-state index contributed by atoms with van der Waals surface area (Å²) in [6.45, 7) is 2.83. The van der Waals surface area contributed by atoms with Gasteiger partial charge in [-0.05, 0) is 54.1 Å². The average Bonchev–Trinajstić information content (AvgIpc) is 3.04. The number of pyridine rings is 3. The molecule has 0 bridgehead atoms. The molecular weight excluding hydrogens is 558 g/mol. The van der Waals surface area contributed by atoms with E-state index in [2.05, 4.69) is 35.4 Å². The van der Waals surface area contributed by atoms with Crippen molar-refractivity contribution in [1.82, 2.24) is 30.1 Å². The number of aliphatic hydroxyl groups is 2.